The number of piperazine rings is 1. The molecule has 0 spiro atoms. The zero-order valence-electron chi connectivity index (χ0n) is 12.4. The maximum absolute atomic E-state index is 14.2. The summed E-state index contributed by atoms with van der Waals surface area (Å²) in [6, 6.07) is 5.05. The van der Waals surface area contributed by atoms with Gasteiger partial charge in [0.15, 0.2) is 0 Å². The molecule has 0 saturated carbocycles. The molecule has 2 nitrogen and oxygen atoms in total. The molecule has 2 rings (SSSR count). The molecule has 122 valence electrons. The van der Waals surface area contributed by atoms with Crippen LogP contribution in [0.5, 0.6) is 0 Å². The zero-order chi connectivity index (χ0) is 13.8. The van der Waals surface area contributed by atoms with Crippen LogP contribution < -0.4 is 5.32 Å². The van der Waals surface area contributed by atoms with Crippen molar-refractivity contribution in [1.29, 1.82) is 0 Å². The van der Waals surface area contributed by atoms with Crippen molar-refractivity contribution in [1.82, 2.24) is 10.2 Å². The number of hydrogen-bond acceptors (Lipinski definition) is 2. The molecule has 21 heavy (non-hydrogen) atoms. The van der Waals surface area contributed by atoms with Crippen LogP contribution in [0.3, 0.4) is 0 Å². The quantitative estimate of drug-likeness (QED) is 0.863. The average molecular weight is 358 g/mol. The molecule has 6 heteroatoms. The Morgan fingerprint density at radius 3 is 2.38 bits per heavy atom. The molecule has 1 aromatic carbocycles. The standard InChI is InChI=1S/C15H22ClFN2.2ClH/c1-11(2)10-14(19-8-6-18-7-9-19)15-12(16)4-3-5-13(15)17;;/h3-5,11,14,18H,6-10H2,1-2H3;2*1H/t14-;;/m0../s1. The van der Waals surface area contributed by atoms with Crippen LogP contribution in [0.25, 0.3) is 0 Å². The third-order valence-electron chi connectivity index (χ3n) is 3.62. The van der Waals surface area contributed by atoms with Crippen LogP contribution in [0.15, 0.2) is 18.2 Å². The lowest BCUT2D eigenvalue weighted by atomic mass is 9.94. The molecule has 0 aromatic heterocycles. The molecule has 0 bridgehead atoms. The summed E-state index contributed by atoms with van der Waals surface area (Å²) < 4.78 is 14.2. The third-order valence-corrected chi connectivity index (χ3v) is 3.95. The minimum Gasteiger partial charge on any atom is -0.314 e. The minimum absolute atomic E-state index is 0. The molecule has 1 saturated heterocycles. The van der Waals surface area contributed by atoms with Crippen LogP contribution in [0, 0.1) is 11.7 Å². The molecular formula is C15H24Cl3FN2. The highest BCUT2D eigenvalue weighted by Gasteiger charge is 2.27. The first-order valence-corrected chi connectivity index (χ1v) is 7.36. The molecule has 0 amide bonds. The number of nitrogens with zero attached hydrogens (tertiary/aromatic N) is 1. The summed E-state index contributed by atoms with van der Waals surface area (Å²) in [5.74, 6) is 0.326. The van der Waals surface area contributed by atoms with Crippen molar-refractivity contribution in [3.63, 3.8) is 0 Å². The van der Waals surface area contributed by atoms with Gasteiger partial charge in [-0.3, -0.25) is 4.90 Å². The van der Waals surface area contributed by atoms with E-state index in [-0.39, 0.29) is 36.7 Å². The van der Waals surface area contributed by atoms with Crippen molar-refractivity contribution in [2.24, 2.45) is 5.92 Å². The van der Waals surface area contributed by atoms with Gasteiger partial charge < -0.3 is 5.32 Å². The first-order chi connectivity index (χ1) is 9.09. The van der Waals surface area contributed by atoms with Gasteiger partial charge in [0.1, 0.15) is 5.82 Å². The molecule has 1 heterocycles. The normalized spacial score (nSPS) is 17.0. The predicted octanol–water partition coefficient (Wildman–Crippen LogP) is 4.32. The van der Waals surface area contributed by atoms with E-state index in [1.54, 1.807) is 12.1 Å². The van der Waals surface area contributed by atoms with Crippen molar-refractivity contribution >= 4 is 36.4 Å². The lowest BCUT2D eigenvalue weighted by Gasteiger charge is -2.36. The fourth-order valence-corrected chi connectivity index (χ4v) is 3.01. The van der Waals surface area contributed by atoms with Crippen molar-refractivity contribution in [2.45, 2.75) is 26.3 Å². The van der Waals surface area contributed by atoms with Crippen molar-refractivity contribution in [3.8, 4) is 0 Å². The second-order valence-corrected chi connectivity index (χ2v) is 5.97. The first-order valence-electron chi connectivity index (χ1n) is 6.98. The largest absolute Gasteiger partial charge is 0.314 e. The molecule has 0 aliphatic carbocycles. The summed E-state index contributed by atoms with van der Waals surface area (Å²) in [6.45, 7) is 8.15. The number of rotatable bonds is 4. The predicted molar refractivity (Wildman–Crippen MR) is 92.5 cm³/mol. The SMILES string of the molecule is CC(C)C[C@@H](c1c(F)cccc1Cl)N1CCNCC1.Cl.Cl. The Labute approximate surface area is 144 Å². The topological polar surface area (TPSA) is 15.3 Å². The number of nitrogens with one attached hydrogen (secondary N) is 1. The van der Waals surface area contributed by atoms with E-state index in [1.165, 1.54) is 6.07 Å². The van der Waals surface area contributed by atoms with E-state index in [0.29, 0.717) is 16.5 Å². The monoisotopic (exact) mass is 356 g/mol. The highest BCUT2D eigenvalue weighted by atomic mass is 35.5. The average Bonchev–Trinajstić information content (AvgIpc) is 2.38. The summed E-state index contributed by atoms with van der Waals surface area (Å²) in [6.07, 6.45) is 0.931. The van der Waals surface area contributed by atoms with Crippen molar-refractivity contribution in [3.05, 3.63) is 34.6 Å². The molecule has 1 aromatic rings. The molecule has 1 fully saturated rings. The van der Waals surface area contributed by atoms with E-state index < -0.39 is 0 Å². The van der Waals surface area contributed by atoms with Gasteiger partial charge in [-0.1, -0.05) is 31.5 Å². The number of halogens is 4. The Morgan fingerprint density at radius 2 is 1.86 bits per heavy atom. The summed E-state index contributed by atoms with van der Waals surface area (Å²) in [4.78, 5) is 2.35. The molecule has 1 N–H and O–H groups in total. The van der Waals surface area contributed by atoms with Gasteiger partial charge in [-0.05, 0) is 24.5 Å². The lowest BCUT2D eigenvalue weighted by Crippen LogP contribution is -2.45. The molecule has 0 unspecified atom stereocenters. The summed E-state index contributed by atoms with van der Waals surface area (Å²) in [5, 5.41) is 3.88. The fourth-order valence-electron chi connectivity index (χ4n) is 2.72. The van der Waals surface area contributed by atoms with Gasteiger partial charge in [-0.2, -0.15) is 0 Å². The molecule has 1 aliphatic rings. The van der Waals surface area contributed by atoms with Crippen LogP contribution >= 0.6 is 36.4 Å². The highest BCUT2D eigenvalue weighted by Crippen LogP contribution is 2.34. The molecular weight excluding hydrogens is 334 g/mol. The van der Waals surface area contributed by atoms with Crippen LogP contribution in [0.4, 0.5) is 4.39 Å². The summed E-state index contributed by atoms with van der Waals surface area (Å²) in [5.41, 5.74) is 0.666. The maximum atomic E-state index is 14.2. The smallest absolute Gasteiger partial charge is 0.129 e. The van der Waals surface area contributed by atoms with Crippen LogP contribution in [-0.2, 0) is 0 Å². The molecule has 1 aliphatic heterocycles. The van der Waals surface area contributed by atoms with E-state index in [2.05, 4.69) is 24.1 Å². The van der Waals surface area contributed by atoms with Crippen LogP contribution in [0.1, 0.15) is 31.9 Å². The van der Waals surface area contributed by atoms with Crippen LogP contribution in [0.2, 0.25) is 5.02 Å². The zero-order valence-corrected chi connectivity index (χ0v) is 14.8. The van der Waals surface area contributed by atoms with Crippen molar-refractivity contribution < 1.29 is 4.39 Å². The number of benzene rings is 1. The third kappa shape index (κ3) is 5.57. The van der Waals surface area contributed by atoms with E-state index in [0.717, 1.165) is 32.6 Å². The Bertz CT molecular complexity index is 403. The summed E-state index contributed by atoms with van der Waals surface area (Å²) in [7, 11) is 0. The second kappa shape index (κ2) is 9.86. The fraction of sp³-hybridized carbons (Fsp3) is 0.600. The van der Waals surface area contributed by atoms with Gasteiger partial charge in [0.2, 0.25) is 0 Å². The minimum atomic E-state index is -0.184. The van der Waals surface area contributed by atoms with E-state index in [4.69, 9.17) is 11.6 Å². The Kier molecular flexibility index (Phi) is 9.83. The number of hydrogen-bond donors (Lipinski definition) is 1. The van der Waals surface area contributed by atoms with E-state index in [9.17, 15) is 4.39 Å². The lowest BCUT2D eigenvalue weighted by molar-refractivity contribution is 0.151. The van der Waals surface area contributed by atoms with Gasteiger partial charge in [0.05, 0.1) is 0 Å². The summed E-state index contributed by atoms with van der Waals surface area (Å²) >= 11 is 6.24. The second-order valence-electron chi connectivity index (χ2n) is 5.57. The Morgan fingerprint density at radius 1 is 1.24 bits per heavy atom. The molecule has 0 radical (unpaired) electrons. The van der Waals surface area contributed by atoms with Crippen molar-refractivity contribution in [2.75, 3.05) is 26.2 Å². The van der Waals surface area contributed by atoms with Gasteiger partial charge in [0, 0.05) is 42.8 Å². The Balaban J connectivity index is 0.00000200. The van der Waals surface area contributed by atoms with Gasteiger partial charge >= 0.3 is 0 Å². The van der Waals surface area contributed by atoms with Crippen LogP contribution in [-0.4, -0.2) is 31.1 Å². The van der Waals surface area contributed by atoms with E-state index >= 15 is 0 Å². The van der Waals surface area contributed by atoms with E-state index in [1.807, 2.05) is 0 Å². The van der Waals surface area contributed by atoms with Gasteiger partial charge in [0.25, 0.3) is 0 Å². The van der Waals surface area contributed by atoms with Gasteiger partial charge in [-0.15, -0.1) is 24.8 Å². The molecule has 1 atom stereocenters. The highest BCUT2D eigenvalue weighted by molar-refractivity contribution is 6.31. The maximum Gasteiger partial charge on any atom is 0.129 e. The first kappa shape index (κ1) is 20.9. The Hall–Kier alpha value is -0.0600. The van der Waals surface area contributed by atoms with Gasteiger partial charge in [-0.25, -0.2) is 4.39 Å².